The van der Waals surface area contributed by atoms with Gasteiger partial charge in [0.2, 0.25) is 0 Å². The third kappa shape index (κ3) is 3.53. The van der Waals surface area contributed by atoms with Gasteiger partial charge < -0.3 is 5.32 Å². The van der Waals surface area contributed by atoms with Crippen LogP contribution >= 0.6 is 27.5 Å². The van der Waals surface area contributed by atoms with Crippen LogP contribution in [-0.4, -0.2) is 15.8 Å². The zero-order valence-electron chi connectivity index (χ0n) is 10.1. The predicted octanol–water partition coefficient (Wildman–Crippen LogP) is 3.80. The summed E-state index contributed by atoms with van der Waals surface area (Å²) in [4.78, 5) is 25.7. The average Bonchev–Trinajstić information content (AvgIpc) is 2.42. The van der Waals surface area contributed by atoms with Crippen molar-refractivity contribution in [2.24, 2.45) is 0 Å². The smallest absolute Gasteiger partial charge is 0.288 e. The molecule has 1 amide bonds. The van der Waals surface area contributed by atoms with Gasteiger partial charge in [0.1, 0.15) is 17.2 Å². The lowest BCUT2D eigenvalue weighted by molar-refractivity contribution is -0.385. The summed E-state index contributed by atoms with van der Waals surface area (Å²) in [6.07, 6.45) is 0.951. The lowest BCUT2D eigenvalue weighted by atomic mass is 10.2. The van der Waals surface area contributed by atoms with Gasteiger partial charge in [-0.1, -0.05) is 11.6 Å². The van der Waals surface area contributed by atoms with Gasteiger partial charge in [-0.2, -0.15) is 0 Å². The van der Waals surface area contributed by atoms with E-state index < -0.39 is 16.6 Å². The second-order valence-corrected chi connectivity index (χ2v) is 5.08. The summed E-state index contributed by atoms with van der Waals surface area (Å²) in [5, 5.41) is 13.0. The molecule has 0 aliphatic carbocycles. The van der Waals surface area contributed by atoms with Crippen LogP contribution in [0, 0.1) is 15.9 Å². The number of aromatic nitrogens is 1. The van der Waals surface area contributed by atoms with Gasteiger partial charge in [-0.05, 0) is 34.1 Å². The van der Waals surface area contributed by atoms with Gasteiger partial charge in [-0.3, -0.25) is 14.9 Å². The number of pyridine rings is 1. The van der Waals surface area contributed by atoms with E-state index in [9.17, 15) is 19.3 Å². The first-order chi connectivity index (χ1) is 9.88. The molecule has 0 radical (unpaired) electrons. The van der Waals surface area contributed by atoms with E-state index in [1.807, 2.05) is 0 Å². The maximum atomic E-state index is 13.0. The first-order valence-electron chi connectivity index (χ1n) is 5.45. The van der Waals surface area contributed by atoms with Crippen molar-refractivity contribution in [2.45, 2.75) is 0 Å². The van der Waals surface area contributed by atoms with Crippen molar-refractivity contribution < 1.29 is 14.1 Å². The molecular formula is C12H6BrClFN3O3. The third-order valence-corrected chi connectivity index (χ3v) is 3.42. The van der Waals surface area contributed by atoms with Crippen LogP contribution in [0.5, 0.6) is 0 Å². The van der Waals surface area contributed by atoms with E-state index >= 15 is 0 Å². The number of hydrogen-bond acceptors (Lipinski definition) is 4. The Hall–Kier alpha value is -2.06. The summed E-state index contributed by atoms with van der Waals surface area (Å²) in [5.41, 5.74) is -0.214. The standard InChI is InChI=1S/C12H6BrClFN3O3/c13-9-3-6(15)1-2-10(9)17-12(19)8-4-7(18(20)21)5-16-11(8)14/h1-5H,(H,17,19). The van der Waals surface area contributed by atoms with E-state index in [1.165, 1.54) is 12.1 Å². The first-order valence-corrected chi connectivity index (χ1v) is 6.62. The zero-order chi connectivity index (χ0) is 15.6. The van der Waals surface area contributed by atoms with Crippen molar-refractivity contribution in [1.82, 2.24) is 4.98 Å². The quantitative estimate of drug-likeness (QED) is 0.503. The summed E-state index contributed by atoms with van der Waals surface area (Å²) >= 11 is 8.85. The number of anilines is 1. The van der Waals surface area contributed by atoms with E-state index in [1.54, 1.807) is 0 Å². The molecular weight excluding hydrogens is 369 g/mol. The van der Waals surface area contributed by atoms with Crippen molar-refractivity contribution in [3.63, 3.8) is 0 Å². The van der Waals surface area contributed by atoms with E-state index in [-0.39, 0.29) is 16.4 Å². The summed E-state index contributed by atoms with van der Waals surface area (Å²) in [5.74, 6) is -1.17. The lowest BCUT2D eigenvalue weighted by Crippen LogP contribution is -2.14. The summed E-state index contributed by atoms with van der Waals surface area (Å²) < 4.78 is 13.3. The molecule has 108 valence electrons. The molecule has 1 N–H and O–H groups in total. The summed E-state index contributed by atoms with van der Waals surface area (Å²) in [6, 6.07) is 4.69. The maximum absolute atomic E-state index is 13.0. The Kier molecular flexibility index (Phi) is 4.49. The second-order valence-electron chi connectivity index (χ2n) is 3.87. The number of halogens is 3. The minimum atomic E-state index is -0.691. The van der Waals surface area contributed by atoms with Crippen LogP contribution in [0.3, 0.4) is 0 Å². The molecule has 0 fully saturated rings. The van der Waals surface area contributed by atoms with Gasteiger partial charge >= 0.3 is 0 Å². The number of benzene rings is 1. The zero-order valence-corrected chi connectivity index (χ0v) is 12.5. The number of nitrogens with zero attached hydrogens (tertiary/aromatic N) is 2. The third-order valence-electron chi connectivity index (χ3n) is 2.46. The van der Waals surface area contributed by atoms with Crippen LogP contribution in [0.15, 0.2) is 34.9 Å². The van der Waals surface area contributed by atoms with Crippen LogP contribution < -0.4 is 5.32 Å². The number of carbonyl (C=O) groups excluding carboxylic acids is 1. The van der Waals surface area contributed by atoms with Crippen LogP contribution in [0.1, 0.15) is 10.4 Å². The lowest BCUT2D eigenvalue weighted by Gasteiger charge is -2.08. The van der Waals surface area contributed by atoms with Gasteiger partial charge in [0.15, 0.2) is 0 Å². The number of nitro groups is 1. The Morgan fingerprint density at radius 3 is 2.76 bits per heavy atom. The molecule has 0 aliphatic heterocycles. The molecule has 0 aliphatic rings. The van der Waals surface area contributed by atoms with E-state index in [2.05, 4.69) is 26.2 Å². The molecule has 0 atom stereocenters. The van der Waals surface area contributed by atoms with Gasteiger partial charge in [0, 0.05) is 10.5 Å². The highest BCUT2D eigenvalue weighted by Gasteiger charge is 2.18. The Morgan fingerprint density at radius 1 is 1.43 bits per heavy atom. The summed E-state index contributed by atoms with van der Waals surface area (Å²) in [6.45, 7) is 0. The number of carbonyl (C=O) groups is 1. The molecule has 1 heterocycles. The Bertz CT molecular complexity index is 742. The molecule has 0 spiro atoms. The highest BCUT2D eigenvalue weighted by atomic mass is 79.9. The fourth-order valence-corrected chi connectivity index (χ4v) is 2.12. The Morgan fingerprint density at radius 2 is 2.14 bits per heavy atom. The number of nitrogens with one attached hydrogen (secondary N) is 1. The number of amides is 1. The van der Waals surface area contributed by atoms with E-state index in [4.69, 9.17) is 11.6 Å². The second kappa shape index (κ2) is 6.15. The molecule has 9 heteroatoms. The summed E-state index contributed by atoms with van der Waals surface area (Å²) in [7, 11) is 0. The molecule has 2 rings (SSSR count). The van der Waals surface area contributed by atoms with Crippen molar-refractivity contribution in [2.75, 3.05) is 5.32 Å². The SMILES string of the molecule is O=C(Nc1ccc(F)cc1Br)c1cc([N+](=O)[O-])cnc1Cl. The van der Waals surface area contributed by atoms with Gasteiger partial charge in [-0.15, -0.1) is 0 Å². The molecule has 0 unspecified atom stereocenters. The van der Waals surface area contributed by atoms with Gasteiger partial charge in [-0.25, -0.2) is 9.37 Å². The van der Waals surface area contributed by atoms with E-state index in [0.29, 0.717) is 10.2 Å². The average molecular weight is 375 g/mol. The maximum Gasteiger partial charge on any atom is 0.288 e. The first kappa shape index (κ1) is 15.3. The highest BCUT2D eigenvalue weighted by Crippen LogP contribution is 2.25. The molecule has 0 bridgehead atoms. The normalized spacial score (nSPS) is 10.2. The number of rotatable bonds is 3. The van der Waals surface area contributed by atoms with Crippen molar-refractivity contribution in [1.29, 1.82) is 0 Å². The minimum Gasteiger partial charge on any atom is -0.321 e. The molecule has 2 aromatic rings. The van der Waals surface area contributed by atoms with Crippen LogP contribution in [0.25, 0.3) is 0 Å². The number of hydrogen-bond donors (Lipinski definition) is 1. The molecule has 0 saturated carbocycles. The molecule has 1 aromatic heterocycles. The Labute approximate surface area is 131 Å². The molecule has 21 heavy (non-hydrogen) atoms. The molecule has 1 aromatic carbocycles. The largest absolute Gasteiger partial charge is 0.321 e. The fraction of sp³-hybridized carbons (Fsp3) is 0. The fourth-order valence-electron chi connectivity index (χ4n) is 1.48. The van der Waals surface area contributed by atoms with Gasteiger partial charge in [0.05, 0.1) is 16.2 Å². The highest BCUT2D eigenvalue weighted by molar-refractivity contribution is 9.10. The minimum absolute atomic E-state index is 0.151. The molecule has 6 nitrogen and oxygen atoms in total. The van der Waals surface area contributed by atoms with Crippen LogP contribution in [-0.2, 0) is 0 Å². The van der Waals surface area contributed by atoms with Crippen LogP contribution in [0.2, 0.25) is 5.15 Å². The molecule has 0 saturated heterocycles. The topological polar surface area (TPSA) is 85.1 Å². The Balaban J connectivity index is 2.32. The van der Waals surface area contributed by atoms with Crippen LogP contribution in [0.4, 0.5) is 15.8 Å². The van der Waals surface area contributed by atoms with Gasteiger partial charge in [0.25, 0.3) is 11.6 Å². The monoisotopic (exact) mass is 373 g/mol. The van der Waals surface area contributed by atoms with Crippen molar-refractivity contribution >= 4 is 44.8 Å². The van der Waals surface area contributed by atoms with Crippen molar-refractivity contribution in [3.05, 3.63) is 61.6 Å². The van der Waals surface area contributed by atoms with Crippen molar-refractivity contribution in [3.8, 4) is 0 Å². The van der Waals surface area contributed by atoms with E-state index in [0.717, 1.165) is 18.3 Å². The predicted molar refractivity (Wildman–Crippen MR) is 78.0 cm³/mol.